The Morgan fingerprint density at radius 2 is 0.747 bits per heavy atom. The zero-order valence-electron chi connectivity index (χ0n) is 46.0. The van der Waals surface area contributed by atoms with E-state index in [-0.39, 0.29) is 28.4 Å². The first-order valence-electron chi connectivity index (χ1n) is 27.1. The Kier molecular flexibility index (Phi) is 11.1. The van der Waals surface area contributed by atoms with Gasteiger partial charge in [0, 0.05) is 45.5 Å². The second-order valence-corrected chi connectivity index (χ2v) is 25.5. The van der Waals surface area contributed by atoms with Gasteiger partial charge >= 0.3 is 0 Å². The van der Waals surface area contributed by atoms with Crippen molar-refractivity contribution >= 4 is 74.3 Å². The lowest BCUT2D eigenvalue weighted by Gasteiger charge is -2.53. The third-order valence-electron chi connectivity index (χ3n) is 16.5. The van der Waals surface area contributed by atoms with Gasteiger partial charge in [-0.2, -0.15) is 0 Å². The third-order valence-corrected chi connectivity index (χ3v) is 16.5. The molecule has 0 spiro atoms. The maximum atomic E-state index is 2.66. The van der Waals surface area contributed by atoms with E-state index in [1.807, 2.05) is 0 Å². The van der Waals surface area contributed by atoms with Gasteiger partial charge in [0.2, 0.25) is 0 Å². The SMILES string of the molecule is CC(C)(C)c1ccc(N2c3cc(N(c4ccccc4)c4ccccc4)cc4c3B3c5c(cccc5C(c5ccccc5)(c5ccccc5)c5cc(C(C)(C)C)cc2c53)N4c2cc(C(C)(C)C)cc(C(C)(C)C)c2)cc1. The van der Waals surface area contributed by atoms with Crippen molar-refractivity contribution in [3.8, 4) is 0 Å². The van der Waals surface area contributed by atoms with E-state index in [1.165, 1.54) is 89.3 Å². The average Bonchev–Trinajstić information content (AvgIpc) is 3.39. The van der Waals surface area contributed by atoms with Crippen molar-refractivity contribution in [1.82, 2.24) is 0 Å². The molecule has 3 nitrogen and oxygen atoms in total. The van der Waals surface area contributed by atoms with Crippen molar-refractivity contribution < 1.29 is 0 Å². The fourth-order valence-corrected chi connectivity index (χ4v) is 12.5. The standard InChI is InChI=1S/C71H70BN3/c1-67(2,3)47-36-38-55(39-37-47)74-61-44-52(70(10,11)12)43-59-65(61)72-64-58(71(59,48-26-17-13-18-27-48)49-28-19-14-20-29-49)34-25-35-60(64)75(56-41-50(68(4,5)6)40-51(42-56)69(7,8)9)63-46-57(45-62(74)66(63)72)73(53-30-21-15-22-31-53)54-32-23-16-24-33-54/h13-46H,1-12H3. The van der Waals surface area contributed by atoms with Gasteiger partial charge in [-0.05, 0) is 155 Å². The fourth-order valence-electron chi connectivity index (χ4n) is 12.5. The molecule has 3 aliphatic heterocycles. The molecule has 3 aliphatic rings. The van der Waals surface area contributed by atoms with Crippen molar-refractivity contribution in [1.29, 1.82) is 0 Å². The Hall–Kier alpha value is -7.56. The third kappa shape index (κ3) is 7.77. The number of nitrogens with zero attached hydrogens (tertiary/aromatic N) is 3. The normalized spacial score (nSPS) is 14.4. The van der Waals surface area contributed by atoms with E-state index in [2.05, 4.69) is 304 Å². The molecule has 0 aliphatic carbocycles. The van der Waals surface area contributed by atoms with Crippen LogP contribution in [0.3, 0.4) is 0 Å². The average molecular weight is 976 g/mol. The van der Waals surface area contributed by atoms with E-state index < -0.39 is 5.41 Å². The van der Waals surface area contributed by atoms with Gasteiger partial charge in [-0.15, -0.1) is 0 Å². The number of hydrogen-bond acceptors (Lipinski definition) is 3. The zero-order valence-corrected chi connectivity index (χ0v) is 46.0. The molecular formula is C71H70BN3. The van der Waals surface area contributed by atoms with Gasteiger partial charge in [-0.1, -0.05) is 217 Å². The zero-order chi connectivity index (χ0) is 52.4. The highest BCUT2D eigenvalue weighted by Crippen LogP contribution is 2.56. The van der Waals surface area contributed by atoms with Gasteiger partial charge in [0.15, 0.2) is 0 Å². The maximum absolute atomic E-state index is 2.66. The summed E-state index contributed by atoms with van der Waals surface area (Å²) in [6.45, 7) is 28.2. The molecule has 0 fully saturated rings. The lowest BCUT2D eigenvalue weighted by atomic mass is 9.28. The van der Waals surface area contributed by atoms with Crippen molar-refractivity contribution in [3.05, 3.63) is 251 Å². The number of hydrogen-bond donors (Lipinski definition) is 0. The van der Waals surface area contributed by atoms with Crippen LogP contribution in [0.1, 0.15) is 128 Å². The van der Waals surface area contributed by atoms with Crippen LogP contribution >= 0.6 is 0 Å². The molecular weight excluding hydrogens is 906 g/mol. The summed E-state index contributed by atoms with van der Waals surface area (Å²) in [5.41, 5.74) is 24.0. The molecule has 3 heterocycles. The van der Waals surface area contributed by atoms with Crippen molar-refractivity contribution in [2.75, 3.05) is 14.7 Å². The van der Waals surface area contributed by atoms with E-state index in [1.54, 1.807) is 0 Å². The first-order valence-corrected chi connectivity index (χ1v) is 27.1. The minimum Gasteiger partial charge on any atom is -0.311 e. The molecule has 9 aromatic rings. The van der Waals surface area contributed by atoms with E-state index in [0.717, 1.165) is 22.7 Å². The molecule has 0 atom stereocenters. The number of benzene rings is 9. The Balaban J connectivity index is 1.31. The molecule has 12 rings (SSSR count). The lowest BCUT2D eigenvalue weighted by molar-refractivity contribution is 0.569. The molecule has 0 saturated heterocycles. The molecule has 0 saturated carbocycles. The highest BCUT2D eigenvalue weighted by molar-refractivity contribution is 7.01. The minimum atomic E-state index is -0.667. The topological polar surface area (TPSA) is 9.72 Å². The molecule has 0 aromatic heterocycles. The van der Waals surface area contributed by atoms with E-state index >= 15 is 0 Å². The van der Waals surface area contributed by atoms with Crippen LogP contribution in [0, 0.1) is 0 Å². The molecule has 4 heteroatoms. The molecule has 0 N–H and O–H groups in total. The fraction of sp³-hybridized carbons (Fsp3) is 0.239. The molecule has 372 valence electrons. The van der Waals surface area contributed by atoms with Gasteiger partial charge in [-0.3, -0.25) is 0 Å². The second kappa shape index (κ2) is 17.2. The highest BCUT2D eigenvalue weighted by Gasteiger charge is 2.56. The molecule has 0 radical (unpaired) electrons. The van der Waals surface area contributed by atoms with Crippen LogP contribution in [-0.2, 0) is 27.1 Å². The lowest BCUT2D eigenvalue weighted by Crippen LogP contribution is -2.68. The van der Waals surface area contributed by atoms with Gasteiger partial charge < -0.3 is 14.7 Å². The number of para-hydroxylation sites is 2. The predicted octanol–water partition coefficient (Wildman–Crippen LogP) is 17.1. The molecule has 9 aromatic carbocycles. The van der Waals surface area contributed by atoms with Crippen molar-refractivity contribution in [2.24, 2.45) is 0 Å². The van der Waals surface area contributed by atoms with Crippen LogP contribution in [0.5, 0.6) is 0 Å². The van der Waals surface area contributed by atoms with Crippen molar-refractivity contribution in [3.63, 3.8) is 0 Å². The summed E-state index contributed by atoms with van der Waals surface area (Å²) >= 11 is 0. The maximum Gasteiger partial charge on any atom is 0.253 e. The summed E-state index contributed by atoms with van der Waals surface area (Å²) in [5, 5.41) is 0. The van der Waals surface area contributed by atoms with E-state index in [9.17, 15) is 0 Å². The largest absolute Gasteiger partial charge is 0.311 e. The summed E-state index contributed by atoms with van der Waals surface area (Å²) in [6, 6.07) is 79.0. The van der Waals surface area contributed by atoms with Crippen LogP contribution in [0.4, 0.5) is 51.2 Å². The number of rotatable bonds is 7. The van der Waals surface area contributed by atoms with E-state index in [4.69, 9.17) is 0 Å². The summed E-state index contributed by atoms with van der Waals surface area (Å²) in [4.78, 5) is 7.77. The van der Waals surface area contributed by atoms with Crippen LogP contribution in [0.25, 0.3) is 0 Å². The van der Waals surface area contributed by atoms with E-state index in [0.29, 0.717) is 0 Å². The monoisotopic (exact) mass is 976 g/mol. The molecule has 0 amide bonds. The highest BCUT2D eigenvalue weighted by atomic mass is 15.2. The Morgan fingerprint density at radius 3 is 1.23 bits per heavy atom. The van der Waals surface area contributed by atoms with Crippen LogP contribution < -0.4 is 31.1 Å². The van der Waals surface area contributed by atoms with Crippen molar-refractivity contribution in [2.45, 2.75) is 110 Å². The van der Waals surface area contributed by atoms with Crippen LogP contribution in [0.2, 0.25) is 0 Å². The first kappa shape index (κ1) is 48.4. The predicted molar refractivity (Wildman–Crippen MR) is 322 cm³/mol. The van der Waals surface area contributed by atoms with Crippen LogP contribution in [-0.4, -0.2) is 6.71 Å². The Morgan fingerprint density at radius 1 is 0.320 bits per heavy atom. The molecule has 0 unspecified atom stereocenters. The summed E-state index contributed by atoms with van der Waals surface area (Å²) in [6.07, 6.45) is 0. The van der Waals surface area contributed by atoms with Gasteiger partial charge in [-0.25, -0.2) is 0 Å². The quantitative estimate of drug-likeness (QED) is 0.147. The molecule has 75 heavy (non-hydrogen) atoms. The smallest absolute Gasteiger partial charge is 0.253 e. The Labute approximate surface area is 447 Å². The number of anilines is 9. The summed E-state index contributed by atoms with van der Waals surface area (Å²) in [7, 11) is 0. The van der Waals surface area contributed by atoms with Gasteiger partial charge in [0.05, 0.1) is 11.1 Å². The molecule has 0 bridgehead atoms. The Bertz CT molecular complexity index is 3520. The minimum absolute atomic E-state index is 0.0130. The summed E-state index contributed by atoms with van der Waals surface area (Å²) < 4.78 is 0. The first-order chi connectivity index (χ1) is 35.7. The second-order valence-electron chi connectivity index (χ2n) is 25.5. The van der Waals surface area contributed by atoms with Gasteiger partial charge in [0.1, 0.15) is 0 Å². The van der Waals surface area contributed by atoms with Crippen LogP contribution in [0.15, 0.2) is 206 Å². The van der Waals surface area contributed by atoms with Gasteiger partial charge in [0.25, 0.3) is 6.71 Å². The summed E-state index contributed by atoms with van der Waals surface area (Å²) in [5.74, 6) is 0.